The van der Waals surface area contributed by atoms with Crippen LogP contribution in [0, 0.1) is 0 Å². The van der Waals surface area contributed by atoms with E-state index in [0.29, 0.717) is 22.8 Å². The maximum absolute atomic E-state index is 12.7. The van der Waals surface area contributed by atoms with Crippen LogP contribution >= 0.6 is 0 Å². The molecule has 3 aromatic rings. The molecule has 1 heterocycles. The number of carbonyl (C=O) groups is 1. The Kier molecular flexibility index (Phi) is 5.72. The van der Waals surface area contributed by atoms with Crippen molar-refractivity contribution in [2.24, 2.45) is 0 Å². The van der Waals surface area contributed by atoms with Crippen LogP contribution in [-0.2, 0) is 10.9 Å². The van der Waals surface area contributed by atoms with Gasteiger partial charge in [-0.05, 0) is 60.7 Å². The molecule has 0 unspecified atom stereocenters. The van der Waals surface area contributed by atoms with Gasteiger partial charge in [-0.3, -0.25) is 0 Å². The smallest absolute Gasteiger partial charge is 0.416 e. The van der Waals surface area contributed by atoms with Gasteiger partial charge in [0.2, 0.25) is 0 Å². The number of esters is 1. The van der Waals surface area contributed by atoms with E-state index < -0.39 is 17.7 Å². The Morgan fingerprint density at radius 1 is 1.00 bits per heavy atom. The Balaban J connectivity index is 1.76. The van der Waals surface area contributed by atoms with Gasteiger partial charge in [0.1, 0.15) is 11.4 Å². The number of alkyl halides is 3. The third-order valence-corrected chi connectivity index (χ3v) is 4.31. The molecule has 0 aliphatic rings. The van der Waals surface area contributed by atoms with E-state index in [0.717, 1.165) is 17.8 Å². The summed E-state index contributed by atoms with van der Waals surface area (Å²) in [6, 6.07) is 15.4. The highest BCUT2D eigenvalue weighted by Crippen LogP contribution is 2.32. The topological polar surface area (TPSA) is 54.5 Å². The third kappa shape index (κ3) is 4.66. The molecule has 1 aromatic heterocycles. The zero-order valence-corrected chi connectivity index (χ0v) is 15.7. The highest BCUT2D eigenvalue weighted by Gasteiger charge is 2.30. The lowest BCUT2D eigenvalue weighted by molar-refractivity contribution is -0.137. The fraction of sp³-hybridized carbons (Fsp3) is 0.143. The number of halogens is 3. The standard InChI is InChI=1S/C21H18F3N3O2/c1-27(16-9-5-14(6-10-16)21(22,23)24)17-11-7-15(8-12-17)26-19-18(20(28)29-2)4-3-13-25-19/h3-13H,1-2H3,(H,25,26). The Bertz CT molecular complexity index is 987. The van der Waals surface area contributed by atoms with Gasteiger partial charge in [0.15, 0.2) is 0 Å². The SMILES string of the molecule is COC(=O)c1cccnc1Nc1ccc(N(C)c2ccc(C(F)(F)F)cc2)cc1. The summed E-state index contributed by atoms with van der Waals surface area (Å²) in [6.07, 6.45) is -2.81. The molecule has 0 radical (unpaired) electrons. The zero-order chi connectivity index (χ0) is 21.0. The lowest BCUT2D eigenvalue weighted by atomic mass is 10.1. The summed E-state index contributed by atoms with van der Waals surface area (Å²) < 4.78 is 42.9. The molecule has 0 saturated heterocycles. The number of hydrogen-bond donors (Lipinski definition) is 1. The van der Waals surface area contributed by atoms with Gasteiger partial charge in [0.05, 0.1) is 12.7 Å². The second-order valence-corrected chi connectivity index (χ2v) is 6.17. The first-order valence-corrected chi connectivity index (χ1v) is 8.61. The Hall–Kier alpha value is -3.55. The van der Waals surface area contributed by atoms with Crippen molar-refractivity contribution in [2.75, 3.05) is 24.4 Å². The average molecular weight is 401 g/mol. The molecule has 8 heteroatoms. The first-order valence-electron chi connectivity index (χ1n) is 8.61. The number of anilines is 4. The van der Waals surface area contributed by atoms with Crippen LogP contribution in [0.5, 0.6) is 0 Å². The van der Waals surface area contributed by atoms with Crippen LogP contribution in [0.25, 0.3) is 0 Å². The lowest BCUT2D eigenvalue weighted by Crippen LogP contribution is -2.11. The van der Waals surface area contributed by atoms with Gasteiger partial charge in [-0.25, -0.2) is 9.78 Å². The van der Waals surface area contributed by atoms with Crippen LogP contribution < -0.4 is 10.2 Å². The summed E-state index contributed by atoms with van der Waals surface area (Å²) in [5.41, 5.74) is 1.71. The summed E-state index contributed by atoms with van der Waals surface area (Å²) in [5, 5.41) is 3.06. The summed E-state index contributed by atoms with van der Waals surface area (Å²) >= 11 is 0. The van der Waals surface area contributed by atoms with Crippen molar-refractivity contribution in [3.8, 4) is 0 Å². The molecular weight excluding hydrogens is 383 g/mol. The van der Waals surface area contributed by atoms with Crippen molar-refractivity contribution < 1.29 is 22.7 Å². The summed E-state index contributed by atoms with van der Waals surface area (Å²) in [6.45, 7) is 0. The average Bonchev–Trinajstić information content (AvgIpc) is 2.73. The maximum atomic E-state index is 12.7. The van der Waals surface area contributed by atoms with Crippen LogP contribution in [0.2, 0.25) is 0 Å². The van der Waals surface area contributed by atoms with Gasteiger partial charge in [-0.1, -0.05) is 0 Å². The van der Waals surface area contributed by atoms with Gasteiger partial charge in [0.25, 0.3) is 0 Å². The van der Waals surface area contributed by atoms with E-state index in [4.69, 9.17) is 4.74 Å². The Labute approximate surface area is 165 Å². The van der Waals surface area contributed by atoms with Crippen molar-refractivity contribution >= 4 is 28.8 Å². The van der Waals surface area contributed by atoms with Crippen molar-refractivity contribution in [1.29, 1.82) is 0 Å². The Morgan fingerprint density at radius 3 is 2.14 bits per heavy atom. The quantitative estimate of drug-likeness (QED) is 0.581. The number of rotatable bonds is 5. The molecule has 0 saturated carbocycles. The number of nitrogens with one attached hydrogen (secondary N) is 1. The van der Waals surface area contributed by atoms with Gasteiger partial charge in [-0.15, -0.1) is 0 Å². The van der Waals surface area contributed by atoms with E-state index in [1.807, 2.05) is 0 Å². The minimum atomic E-state index is -4.36. The van der Waals surface area contributed by atoms with Crippen LogP contribution in [0.1, 0.15) is 15.9 Å². The zero-order valence-electron chi connectivity index (χ0n) is 15.7. The number of ether oxygens (including phenoxy) is 1. The molecule has 0 aliphatic carbocycles. The van der Waals surface area contributed by atoms with E-state index in [2.05, 4.69) is 10.3 Å². The van der Waals surface area contributed by atoms with Crippen LogP contribution in [0.3, 0.4) is 0 Å². The van der Waals surface area contributed by atoms with E-state index in [1.165, 1.54) is 19.2 Å². The molecule has 0 fully saturated rings. The predicted octanol–water partition coefficient (Wildman–Crippen LogP) is 5.40. The highest BCUT2D eigenvalue weighted by atomic mass is 19.4. The van der Waals surface area contributed by atoms with Gasteiger partial charge < -0.3 is 15.0 Å². The fourth-order valence-electron chi connectivity index (χ4n) is 2.71. The molecule has 2 aromatic carbocycles. The molecule has 150 valence electrons. The van der Waals surface area contributed by atoms with Gasteiger partial charge >= 0.3 is 12.1 Å². The van der Waals surface area contributed by atoms with Crippen molar-refractivity contribution in [3.63, 3.8) is 0 Å². The molecule has 0 spiro atoms. The highest BCUT2D eigenvalue weighted by molar-refractivity contribution is 5.95. The summed E-state index contributed by atoms with van der Waals surface area (Å²) in [7, 11) is 3.06. The number of benzene rings is 2. The first kappa shape index (κ1) is 20.2. The number of carbonyl (C=O) groups excluding carboxylic acids is 1. The lowest BCUT2D eigenvalue weighted by Gasteiger charge is -2.20. The molecule has 0 amide bonds. The molecule has 29 heavy (non-hydrogen) atoms. The number of methoxy groups -OCH3 is 1. The van der Waals surface area contributed by atoms with Gasteiger partial charge in [0, 0.05) is 30.3 Å². The van der Waals surface area contributed by atoms with E-state index in [1.54, 1.807) is 54.5 Å². The summed E-state index contributed by atoms with van der Waals surface area (Å²) in [4.78, 5) is 17.8. The van der Waals surface area contributed by atoms with Gasteiger partial charge in [-0.2, -0.15) is 13.2 Å². The van der Waals surface area contributed by atoms with E-state index in [9.17, 15) is 18.0 Å². The van der Waals surface area contributed by atoms with Crippen LogP contribution in [-0.4, -0.2) is 25.1 Å². The Morgan fingerprint density at radius 2 is 1.59 bits per heavy atom. The predicted molar refractivity (Wildman–Crippen MR) is 105 cm³/mol. The molecule has 0 bridgehead atoms. The van der Waals surface area contributed by atoms with Crippen LogP contribution in [0.15, 0.2) is 66.9 Å². The summed E-state index contributed by atoms with van der Waals surface area (Å²) in [5.74, 6) is -0.137. The van der Waals surface area contributed by atoms with Crippen molar-refractivity contribution in [2.45, 2.75) is 6.18 Å². The second kappa shape index (κ2) is 8.22. The number of pyridine rings is 1. The normalized spacial score (nSPS) is 11.1. The molecule has 0 atom stereocenters. The minimum absolute atomic E-state index is 0.306. The second-order valence-electron chi connectivity index (χ2n) is 6.17. The van der Waals surface area contributed by atoms with E-state index in [-0.39, 0.29) is 0 Å². The molecule has 0 aliphatic heterocycles. The molecule has 5 nitrogen and oxygen atoms in total. The minimum Gasteiger partial charge on any atom is -0.465 e. The third-order valence-electron chi connectivity index (χ3n) is 4.31. The monoisotopic (exact) mass is 401 g/mol. The first-order chi connectivity index (χ1) is 13.8. The molecular formula is C21H18F3N3O2. The molecule has 3 rings (SSSR count). The van der Waals surface area contributed by atoms with Crippen molar-refractivity contribution in [3.05, 3.63) is 78.0 Å². The van der Waals surface area contributed by atoms with E-state index >= 15 is 0 Å². The fourth-order valence-corrected chi connectivity index (χ4v) is 2.71. The van der Waals surface area contributed by atoms with Crippen LogP contribution in [0.4, 0.5) is 36.1 Å². The number of hydrogen-bond acceptors (Lipinski definition) is 5. The number of nitrogens with zero attached hydrogens (tertiary/aromatic N) is 2. The largest absolute Gasteiger partial charge is 0.465 e. The molecule has 1 N–H and O–H groups in total. The number of aromatic nitrogens is 1. The maximum Gasteiger partial charge on any atom is 0.416 e. The van der Waals surface area contributed by atoms with Crippen molar-refractivity contribution in [1.82, 2.24) is 4.98 Å².